The minimum atomic E-state index is 0.547. The van der Waals surface area contributed by atoms with Gasteiger partial charge in [0.05, 0.1) is 22.1 Å². The van der Waals surface area contributed by atoms with E-state index in [2.05, 4.69) is 34.6 Å². The molecular weight excluding hydrogens is 372 g/mol. The molecule has 3 aromatic heterocycles. The summed E-state index contributed by atoms with van der Waals surface area (Å²) in [6.45, 7) is 6.46. The predicted octanol–water partition coefficient (Wildman–Crippen LogP) is 4.99. The van der Waals surface area contributed by atoms with Gasteiger partial charge in [0.2, 0.25) is 0 Å². The Balaban J connectivity index is 1.98. The molecule has 0 aliphatic heterocycles. The van der Waals surface area contributed by atoms with Crippen molar-refractivity contribution >= 4 is 27.7 Å². The van der Waals surface area contributed by atoms with Gasteiger partial charge in [-0.15, -0.1) is 5.10 Å². The maximum Gasteiger partial charge on any atom is 0.157 e. The van der Waals surface area contributed by atoms with Gasteiger partial charge in [0.25, 0.3) is 0 Å². The number of imidazole rings is 1. The fourth-order valence-corrected chi connectivity index (χ4v) is 4.14. The zero-order chi connectivity index (χ0) is 20.8. The number of benzene rings is 2. The van der Waals surface area contributed by atoms with E-state index in [1.54, 1.807) is 0 Å². The summed E-state index contributed by atoms with van der Waals surface area (Å²) in [4.78, 5) is 4.81. The summed E-state index contributed by atoms with van der Waals surface area (Å²) in [5.41, 5.74) is 6.97. The first kappa shape index (κ1) is 18.3. The van der Waals surface area contributed by atoms with Crippen LogP contribution in [0.2, 0.25) is 0 Å². The Hall–Kier alpha value is -3.72. The standard InChI is InChI=1S/C24H22N6/c1-15(2)12-13-17-16(3)18(14-25)23-26-19-8-4-6-10-21(19)29(23)24(17)30-22-11-7-5-9-20(22)27-28-30/h4-11,15H,12-13H2,1-3H3. The Bertz CT molecular complexity index is 1450. The largest absolute Gasteiger partial charge is 0.275 e. The fraction of sp³-hybridized carbons (Fsp3) is 0.250. The normalized spacial score (nSPS) is 11.7. The summed E-state index contributed by atoms with van der Waals surface area (Å²) in [7, 11) is 0. The number of aromatic nitrogens is 5. The van der Waals surface area contributed by atoms with Gasteiger partial charge in [-0.05, 0) is 61.1 Å². The van der Waals surface area contributed by atoms with Gasteiger partial charge in [0.15, 0.2) is 5.65 Å². The molecule has 0 radical (unpaired) electrons. The van der Waals surface area contributed by atoms with Gasteiger partial charge in [0, 0.05) is 0 Å². The molecule has 2 aromatic carbocycles. The molecule has 5 aromatic rings. The molecule has 0 fully saturated rings. The molecule has 6 nitrogen and oxygen atoms in total. The monoisotopic (exact) mass is 394 g/mol. The second-order valence-corrected chi connectivity index (χ2v) is 8.10. The van der Waals surface area contributed by atoms with Gasteiger partial charge < -0.3 is 0 Å². The van der Waals surface area contributed by atoms with Crippen LogP contribution in [0.15, 0.2) is 48.5 Å². The highest BCUT2D eigenvalue weighted by Crippen LogP contribution is 2.32. The van der Waals surface area contributed by atoms with E-state index in [9.17, 15) is 5.26 Å². The van der Waals surface area contributed by atoms with Gasteiger partial charge in [0.1, 0.15) is 17.4 Å². The molecule has 0 N–H and O–H groups in total. The third kappa shape index (κ3) is 2.66. The van der Waals surface area contributed by atoms with E-state index in [0.717, 1.165) is 51.9 Å². The Morgan fingerprint density at radius 3 is 2.43 bits per heavy atom. The predicted molar refractivity (Wildman–Crippen MR) is 118 cm³/mol. The third-order valence-corrected chi connectivity index (χ3v) is 5.73. The first-order valence-electron chi connectivity index (χ1n) is 10.2. The Morgan fingerprint density at radius 1 is 1.00 bits per heavy atom. The minimum absolute atomic E-state index is 0.547. The minimum Gasteiger partial charge on any atom is -0.275 e. The topological polar surface area (TPSA) is 71.8 Å². The molecule has 0 aliphatic carbocycles. The molecule has 6 heteroatoms. The molecule has 0 spiro atoms. The fourth-order valence-electron chi connectivity index (χ4n) is 4.14. The van der Waals surface area contributed by atoms with Crippen LogP contribution in [0.3, 0.4) is 0 Å². The third-order valence-electron chi connectivity index (χ3n) is 5.73. The average molecular weight is 394 g/mol. The summed E-state index contributed by atoms with van der Waals surface area (Å²) in [6.07, 6.45) is 1.87. The summed E-state index contributed by atoms with van der Waals surface area (Å²) >= 11 is 0. The number of rotatable bonds is 4. The van der Waals surface area contributed by atoms with Crippen LogP contribution in [-0.2, 0) is 6.42 Å². The molecule has 0 aliphatic rings. The van der Waals surface area contributed by atoms with Gasteiger partial charge in [-0.25, -0.2) is 4.98 Å². The summed E-state index contributed by atoms with van der Waals surface area (Å²) < 4.78 is 3.98. The van der Waals surface area contributed by atoms with Crippen molar-refractivity contribution in [3.63, 3.8) is 0 Å². The van der Waals surface area contributed by atoms with Crippen LogP contribution in [0.5, 0.6) is 0 Å². The molecule has 0 bridgehead atoms. The lowest BCUT2D eigenvalue weighted by atomic mass is 9.97. The van der Waals surface area contributed by atoms with Crippen molar-refractivity contribution < 1.29 is 0 Å². The second kappa shape index (κ2) is 6.96. The highest BCUT2D eigenvalue weighted by molar-refractivity contribution is 5.86. The highest BCUT2D eigenvalue weighted by atomic mass is 15.5. The van der Waals surface area contributed by atoms with Gasteiger partial charge in [-0.2, -0.15) is 9.94 Å². The van der Waals surface area contributed by atoms with Crippen molar-refractivity contribution in [2.45, 2.75) is 33.6 Å². The molecule has 148 valence electrons. The summed E-state index contributed by atoms with van der Waals surface area (Å²) in [5, 5.41) is 18.9. The van der Waals surface area contributed by atoms with Gasteiger partial charge >= 0.3 is 0 Å². The number of hydrogen-bond acceptors (Lipinski definition) is 4. The lowest BCUT2D eigenvalue weighted by molar-refractivity contribution is 0.582. The number of fused-ring (bicyclic) bond motifs is 4. The van der Waals surface area contributed by atoms with Crippen molar-refractivity contribution in [3.8, 4) is 11.9 Å². The Labute approximate surface area is 174 Å². The van der Waals surface area contributed by atoms with E-state index < -0.39 is 0 Å². The van der Waals surface area contributed by atoms with Crippen molar-refractivity contribution in [2.24, 2.45) is 5.92 Å². The SMILES string of the molecule is Cc1c(CCC(C)C)c(-n2nnc3ccccc32)n2c(nc3ccccc32)c1C#N. The Kier molecular flexibility index (Phi) is 4.25. The van der Waals surface area contributed by atoms with E-state index in [0.29, 0.717) is 17.1 Å². The van der Waals surface area contributed by atoms with Crippen molar-refractivity contribution in [3.05, 3.63) is 65.2 Å². The molecular formula is C24H22N6. The van der Waals surface area contributed by atoms with E-state index in [1.165, 1.54) is 0 Å². The number of nitrogens with zero attached hydrogens (tertiary/aromatic N) is 6. The van der Waals surface area contributed by atoms with Crippen LogP contribution >= 0.6 is 0 Å². The van der Waals surface area contributed by atoms with Crippen LogP contribution < -0.4 is 0 Å². The zero-order valence-electron chi connectivity index (χ0n) is 17.3. The first-order chi connectivity index (χ1) is 14.6. The quantitative estimate of drug-likeness (QED) is 0.430. The maximum atomic E-state index is 10.00. The molecule has 0 saturated heterocycles. The van der Waals surface area contributed by atoms with Crippen LogP contribution in [0, 0.1) is 24.2 Å². The average Bonchev–Trinajstić information content (AvgIpc) is 3.34. The van der Waals surface area contributed by atoms with E-state index in [-0.39, 0.29) is 0 Å². The molecule has 0 unspecified atom stereocenters. The van der Waals surface area contributed by atoms with Crippen LogP contribution in [0.25, 0.3) is 33.5 Å². The molecule has 30 heavy (non-hydrogen) atoms. The molecule has 0 amide bonds. The van der Waals surface area contributed by atoms with Crippen molar-refractivity contribution in [1.82, 2.24) is 24.4 Å². The number of hydrogen-bond donors (Lipinski definition) is 0. The number of pyridine rings is 1. The number of nitriles is 1. The van der Waals surface area contributed by atoms with Gasteiger partial charge in [-0.1, -0.05) is 43.3 Å². The summed E-state index contributed by atoms with van der Waals surface area (Å²) in [5.74, 6) is 1.47. The van der Waals surface area contributed by atoms with Crippen LogP contribution in [0.1, 0.15) is 37.0 Å². The van der Waals surface area contributed by atoms with E-state index in [1.807, 2.05) is 60.1 Å². The Morgan fingerprint density at radius 2 is 1.70 bits per heavy atom. The van der Waals surface area contributed by atoms with Crippen molar-refractivity contribution in [1.29, 1.82) is 5.26 Å². The molecule has 5 rings (SSSR count). The molecule has 3 heterocycles. The zero-order valence-corrected chi connectivity index (χ0v) is 17.3. The van der Waals surface area contributed by atoms with E-state index in [4.69, 9.17) is 4.98 Å². The van der Waals surface area contributed by atoms with Crippen LogP contribution in [0.4, 0.5) is 0 Å². The van der Waals surface area contributed by atoms with Crippen molar-refractivity contribution in [2.75, 3.05) is 0 Å². The first-order valence-corrected chi connectivity index (χ1v) is 10.2. The smallest absolute Gasteiger partial charge is 0.157 e. The number of para-hydroxylation sites is 3. The van der Waals surface area contributed by atoms with Gasteiger partial charge in [-0.3, -0.25) is 4.40 Å². The molecule has 0 atom stereocenters. The van der Waals surface area contributed by atoms with E-state index >= 15 is 0 Å². The summed E-state index contributed by atoms with van der Waals surface area (Å²) in [6, 6.07) is 18.4. The highest BCUT2D eigenvalue weighted by Gasteiger charge is 2.23. The van der Waals surface area contributed by atoms with Crippen LogP contribution in [-0.4, -0.2) is 24.4 Å². The molecule has 0 saturated carbocycles. The lowest BCUT2D eigenvalue weighted by Crippen LogP contribution is -2.13. The second-order valence-electron chi connectivity index (χ2n) is 8.10. The lowest BCUT2D eigenvalue weighted by Gasteiger charge is -2.18. The maximum absolute atomic E-state index is 10.00.